The second-order valence-corrected chi connectivity index (χ2v) is 14.7. The van der Waals surface area contributed by atoms with E-state index in [1.807, 2.05) is 30.3 Å². The zero-order valence-corrected chi connectivity index (χ0v) is 31.2. The van der Waals surface area contributed by atoms with Crippen molar-refractivity contribution < 1.29 is 18.4 Å². The lowest BCUT2D eigenvalue weighted by Gasteiger charge is -2.18. The first-order chi connectivity index (χ1) is 26.4. The van der Waals surface area contributed by atoms with E-state index in [-0.39, 0.29) is 29.9 Å². The summed E-state index contributed by atoms with van der Waals surface area (Å²) in [6, 6.07) is 23.5. The Morgan fingerprint density at radius 1 is 0.636 bits per heavy atom. The maximum Gasteiger partial charge on any atom is 0.267 e. The van der Waals surface area contributed by atoms with Gasteiger partial charge in [0.05, 0.1) is 0 Å². The molecule has 2 heterocycles. The molecule has 10 nitrogen and oxygen atoms in total. The van der Waals surface area contributed by atoms with Crippen molar-refractivity contribution in [2.75, 3.05) is 19.6 Å². The van der Waals surface area contributed by atoms with Gasteiger partial charge in [0.2, 0.25) is 0 Å². The first-order valence-electron chi connectivity index (χ1n) is 18.8. The van der Waals surface area contributed by atoms with Crippen molar-refractivity contribution in [1.82, 2.24) is 20.6 Å². The molecule has 288 valence electrons. The molecule has 2 aromatic heterocycles. The first kappa shape index (κ1) is 39.3. The van der Waals surface area contributed by atoms with Gasteiger partial charge in [-0.2, -0.15) is 0 Å². The van der Waals surface area contributed by atoms with Crippen LogP contribution in [0.3, 0.4) is 0 Å². The Balaban J connectivity index is 1.28. The highest BCUT2D eigenvalue weighted by atomic mass is 19.1. The molecular weight excluding hydrogens is 699 g/mol. The molecule has 0 aliphatic rings. The monoisotopic (exact) mass is 748 g/mol. The summed E-state index contributed by atoms with van der Waals surface area (Å²) in [5, 5.41) is 7.33. The third-order valence-corrected chi connectivity index (χ3v) is 10.2. The number of fused-ring (bicyclic) bond motifs is 2. The lowest BCUT2D eigenvalue weighted by molar-refractivity contribution is 0.0938. The lowest BCUT2D eigenvalue weighted by atomic mass is 9.91. The summed E-state index contributed by atoms with van der Waals surface area (Å²) in [6.45, 7) is 5.31. The van der Waals surface area contributed by atoms with E-state index in [1.165, 1.54) is 18.2 Å². The number of nitrogens with two attached hydrogens (primary N) is 4. The van der Waals surface area contributed by atoms with Crippen LogP contribution in [0.15, 0.2) is 84.9 Å². The Bertz CT molecular complexity index is 2280. The molecule has 0 bridgehead atoms. The van der Waals surface area contributed by atoms with Gasteiger partial charge in [0.25, 0.3) is 11.8 Å². The quantitative estimate of drug-likeness (QED) is 0.0553. The second kappa shape index (κ2) is 17.4. The van der Waals surface area contributed by atoms with Gasteiger partial charge in [-0.15, -0.1) is 0 Å². The maximum absolute atomic E-state index is 15.9. The molecule has 0 saturated carbocycles. The van der Waals surface area contributed by atoms with E-state index in [9.17, 15) is 14.0 Å². The largest absolute Gasteiger partial charge is 0.351 e. The van der Waals surface area contributed by atoms with E-state index < -0.39 is 11.6 Å². The molecule has 12 N–H and O–H groups in total. The molecule has 0 radical (unpaired) electrons. The standard InChI is InChI=1S/C43H50F2N8O2/c1-24(2)37(49)14-12-32(48)23-51-42(54)40-19-28-6-5-27(18-38(28)52-40)26-9-13-36(45)35(16-26)34-17-29-20-41(43(55)50-22-31(47)4-3-15-46)53-39(29)21-33(34)25-7-10-30(44)11-8-25/h5-11,13,16-21,24,31-32,37,52-53H,3-4,12,14-15,22-23,46-49H2,1-2H3,(H,50,55)(H,51,54)/t31-,32-,37?/m0/s1. The molecule has 0 spiro atoms. The summed E-state index contributed by atoms with van der Waals surface area (Å²) in [5.74, 6) is -1.05. The SMILES string of the molecule is CC(C)C(N)CC[C@H](N)CNC(=O)c1cc2ccc(-c3ccc(F)c(-c4cc5cc(C(=O)NC[C@@H](N)CCCN)[nH]c5cc4-c4ccc(F)cc4)c3)cc2[nH]1. The number of carbonyl (C=O) groups is 2. The van der Waals surface area contributed by atoms with Crippen molar-refractivity contribution in [1.29, 1.82) is 0 Å². The number of aromatic amines is 2. The van der Waals surface area contributed by atoms with E-state index in [2.05, 4.69) is 34.4 Å². The molecule has 0 aliphatic carbocycles. The smallest absolute Gasteiger partial charge is 0.267 e. The number of carbonyl (C=O) groups excluding carboxylic acids is 2. The number of rotatable bonds is 16. The van der Waals surface area contributed by atoms with Gasteiger partial charge >= 0.3 is 0 Å². The third kappa shape index (κ3) is 9.46. The van der Waals surface area contributed by atoms with Crippen LogP contribution in [0.2, 0.25) is 0 Å². The van der Waals surface area contributed by atoms with Crippen LogP contribution in [0.25, 0.3) is 55.2 Å². The minimum Gasteiger partial charge on any atom is -0.351 e. The van der Waals surface area contributed by atoms with Crippen LogP contribution < -0.4 is 33.6 Å². The van der Waals surface area contributed by atoms with Gasteiger partial charge in [0, 0.05) is 58.6 Å². The summed E-state index contributed by atoms with van der Waals surface area (Å²) in [6.07, 6.45) is 2.96. The van der Waals surface area contributed by atoms with Gasteiger partial charge in [0.1, 0.15) is 23.0 Å². The minimum atomic E-state index is -0.448. The molecule has 6 aromatic rings. The topological polar surface area (TPSA) is 194 Å². The first-order valence-corrected chi connectivity index (χ1v) is 18.8. The van der Waals surface area contributed by atoms with Crippen LogP contribution >= 0.6 is 0 Å². The fraction of sp³-hybridized carbons (Fsp3) is 0.302. The summed E-state index contributed by atoms with van der Waals surface area (Å²) in [4.78, 5) is 32.5. The number of hydrogen-bond donors (Lipinski definition) is 8. The lowest BCUT2D eigenvalue weighted by Crippen LogP contribution is -2.39. The number of H-pyrrole nitrogens is 2. The summed E-state index contributed by atoms with van der Waals surface area (Å²) in [5.41, 5.74) is 30.0. The van der Waals surface area contributed by atoms with E-state index in [1.54, 1.807) is 36.4 Å². The van der Waals surface area contributed by atoms with Crippen LogP contribution in [0.5, 0.6) is 0 Å². The molecule has 2 amide bonds. The van der Waals surface area contributed by atoms with Gasteiger partial charge < -0.3 is 43.5 Å². The Kier molecular flexibility index (Phi) is 12.4. The molecular formula is C43H50F2N8O2. The highest BCUT2D eigenvalue weighted by Crippen LogP contribution is 2.39. The average Bonchev–Trinajstić information content (AvgIpc) is 3.81. The summed E-state index contributed by atoms with van der Waals surface area (Å²) >= 11 is 0. The molecule has 0 saturated heterocycles. The van der Waals surface area contributed by atoms with Crippen molar-refractivity contribution in [2.45, 2.75) is 57.7 Å². The van der Waals surface area contributed by atoms with Crippen molar-refractivity contribution in [3.63, 3.8) is 0 Å². The Hall–Kier alpha value is -5.40. The second-order valence-electron chi connectivity index (χ2n) is 14.7. The minimum absolute atomic E-state index is 0.0666. The molecule has 1 unspecified atom stereocenters. The van der Waals surface area contributed by atoms with Crippen molar-refractivity contribution in [3.05, 3.63) is 108 Å². The van der Waals surface area contributed by atoms with Crippen LogP contribution in [-0.2, 0) is 0 Å². The predicted octanol–water partition coefficient (Wildman–Crippen LogP) is 6.55. The highest BCUT2D eigenvalue weighted by molar-refractivity contribution is 6.02. The Morgan fingerprint density at radius 3 is 1.87 bits per heavy atom. The van der Waals surface area contributed by atoms with E-state index >= 15 is 4.39 Å². The number of amides is 2. The molecule has 6 rings (SSSR count). The highest BCUT2D eigenvalue weighted by Gasteiger charge is 2.19. The van der Waals surface area contributed by atoms with Crippen LogP contribution in [0.1, 0.15) is 60.5 Å². The van der Waals surface area contributed by atoms with E-state index in [4.69, 9.17) is 22.9 Å². The molecule has 0 fully saturated rings. The van der Waals surface area contributed by atoms with Gasteiger partial charge in [-0.25, -0.2) is 8.78 Å². The Labute approximate surface area is 319 Å². The van der Waals surface area contributed by atoms with Gasteiger partial charge in [-0.05, 0) is 121 Å². The maximum atomic E-state index is 15.9. The summed E-state index contributed by atoms with van der Waals surface area (Å²) in [7, 11) is 0. The summed E-state index contributed by atoms with van der Waals surface area (Å²) < 4.78 is 29.9. The Morgan fingerprint density at radius 2 is 1.22 bits per heavy atom. The average molecular weight is 749 g/mol. The molecule has 4 aromatic carbocycles. The zero-order chi connectivity index (χ0) is 39.2. The fourth-order valence-corrected chi connectivity index (χ4v) is 6.70. The molecule has 0 aliphatic heterocycles. The van der Waals surface area contributed by atoms with Crippen LogP contribution in [0, 0.1) is 17.6 Å². The number of nitrogens with one attached hydrogen (secondary N) is 4. The third-order valence-electron chi connectivity index (χ3n) is 10.2. The number of benzene rings is 4. The van der Waals surface area contributed by atoms with Crippen LogP contribution in [-0.4, -0.2) is 59.5 Å². The molecule has 55 heavy (non-hydrogen) atoms. The fourth-order valence-electron chi connectivity index (χ4n) is 6.70. The number of halogens is 2. The van der Waals surface area contributed by atoms with E-state index in [0.29, 0.717) is 82.9 Å². The van der Waals surface area contributed by atoms with Gasteiger partial charge in [0.15, 0.2) is 0 Å². The van der Waals surface area contributed by atoms with Gasteiger partial charge in [-0.1, -0.05) is 44.2 Å². The van der Waals surface area contributed by atoms with Crippen molar-refractivity contribution in [3.8, 4) is 33.4 Å². The van der Waals surface area contributed by atoms with E-state index in [0.717, 1.165) is 34.9 Å². The van der Waals surface area contributed by atoms with Crippen molar-refractivity contribution >= 4 is 33.6 Å². The molecule has 12 heteroatoms. The molecule has 3 atom stereocenters. The normalized spacial score (nSPS) is 13.3. The number of hydrogen-bond acceptors (Lipinski definition) is 6. The van der Waals surface area contributed by atoms with Crippen molar-refractivity contribution in [2.24, 2.45) is 28.9 Å². The number of aromatic nitrogens is 2. The zero-order valence-electron chi connectivity index (χ0n) is 31.2. The predicted molar refractivity (Wildman–Crippen MR) is 217 cm³/mol. The van der Waals surface area contributed by atoms with Gasteiger partial charge in [-0.3, -0.25) is 9.59 Å². The van der Waals surface area contributed by atoms with Crippen LogP contribution in [0.4, 0.5) is 8.78 Å².